The van der Waals surface area contributed by atoms with Gasteiger partial charge in [-0.05, 0) is 31.2 Å². The molecule has 0 aliphatic heterocycles. The van der Waals surface area contributed by atoms with Crippen molar-refractivity contribution in [3.63, 3.8) is 0 Å². The standard InChI is InChI=1S/C12H13ClFN3O/c1-2-5-15-7-11-16-17-12(18-11)8-3-4-9(13)10(14)6-8/h3-4,6,15H,2,5,7H2,1H3. The first-order valence-electron chi connectivity index (χ1n) is 5.69. The Morgan fingerprint density at radius 2 is 2.22 bits per heavy atom. The van der Waals surface area contributed by atoms with Gasteiger partial charge in [-0.15, -0.1) is 10.2 Å². The highest BCUT2D eigenvalue weighted by Crippen LogP contribution is 2.23. The smallest absolute Gasteiger partial charge is 0.247 e. The lowest BCUT2D eigenvalue weighted by atomic mass is 10.2. The van der Waals surface area contributed by atoms with Gasteiger partial charge in [0.05, 0.1) is 11.6 Å². The van der Waals surface area contributed by atoms with Crippen molar-refractivity contribution in [2.45, 2.75) is 19.9 Å². The SMILES string of the molecule is CCCNCc1nnc(-c2ccc(Cl)c(F)c2)o1. The lowest BCUT2D eigenvalue weighted by Crippen LogP contribution is -2.13. The van der Waals surface area contributed by atoms with Crippen LogP contribution in [0, 0.1) is 5.82 Å². The van der Waals surface area contributed by atoms with Crippen LogP contribution in [0.15, 0.2) is 22.6 Å². The van der Waals surface area contributed by atoms with Gasteiger partial charge in [-0.2, -0.15) is 0 Å². The quantitative estimate of drug-likeness (QED) is 0.848. The van der Waals surface area contributed by atoms with Crippen LogP contribution in [0.25, 0.3) is 11.5 Å². The van der Waals surface area contributed by atoms with Gasteiger partial charge in [0.2, 0.25) is 11.8 Å². The lowest BCUT2D eigenvalue weighted by molar-refractivity contribution is 0.477. The summed E-state index contributed by atoms with van der Waals surface area (Å²) in [4.78, 5) is 0. The fourth-order valence-corrected chi connectivity index (χ4v) is 1.56. The predicted molar refractivity (Wildman–Crippen MR) is 66.7 cm³/mol. The maximum absolute atomic E-state index is 13.3. The zero-order chi connectivity index (χ0) is 13.0. The second kappa shape index (κ2) is 5.93. The third kappa shape index (κ3) is 3.05. The van der Waals surface area contributed by atoms with E-state index in [9.17, 15) is 4.39 Å². The van der Waals surface area contributed by atoms with E-state index in [0.717, 1.165) is 13.0 Å². The lowest BCUT2D eigenvalue weighted by Gasteiger charge is -1.98. The minimum absolute atomic E-state index is 0.0723. The molecule has 0 unspecified atom stereocenters. The van der Waals surface area contributed by atoms with Crippen LogP contribution in [-0.4, -0.2) is 16.7 Å². The molecule has 1 N–H and O–H groups in total. The number of hydrogen-bond acceptors (Lipinski definition) is 4. The molecule has 1 aromatic carbocycles. The van der Waals surface area contributed by atoms with E-state index < -0.39 is 5.82 Å². The zero-order valence-corrected chi connectivity index (χ0v) is 10.7. The highest BCUT2D eigenvalue weighted by molar-refractivity contribution is 6.30. The van der Waals surface area contributed by atoms with Crippen molar-refractivity contribution < 1.29 is 8.81 Å². The monoisotopic (exact) mass is 269 g/mol. The number of rotatable bonds is 5. The van der Waals surface area contributed by atoms with E-state index in [1.54, 1.807) is 6.07 Å². The predicted octanol–water partition coefficient (Wildman–Crippen LogP) is 3.03. The number of hydrogen-bond donors (Lipinski definition) is 1. The molecule has 0 saturated heterocycles. The van der Waals surface area contributed by atoms with Crippen molar-refractivity contribution in [1.82, 2.24) is 15.5 Å². The maximum atomic E-state index is 13.3. The molecule has 0 aliphatic carbocycles. The summed E-state index contributed by atoms with van der Waals surface area (Å²) >= 11 is 5.61. The normalized spacial score (nSPS) is 10.8. The van der Waals surface area contributed by atoms with E-state index in [2.05, 4.69) is 22.4 Å². The molecule has 0 radical (unpaired) electrons. The second-order valence-corrected chi connectivity index (χ2v) is 4.21. The van der Waals surface area contributed by atoms with Gasteiger partial charge in [0.1, 0.15) is 5.82 Å². The third-order valence-corrected chi connectivity index (χ3v) is 2.64. The zero-order valence-electron chi connectivity index (χ0n) is 9.91. The van der Waals surface area contributed by atoms with E-state index in [-0.39, 0.29) is 5.02 Å². The molecule has 0 atom stereocenters. The highest BCUT2D eigenvalue weighted by Gasteiger charge is 2.10. The van der Waals surface area contributed by atoms with Gasteiger partial charge in [-0.3, -0.25) is 0 Å². The minimum atomic E-state index is -0.502. The van der Waals surface area contributed by atoms with E-state index in [1.165, 1.54) is 12.1 Å². The maximum Gasteiger partial charge on any atom is 0.247 e. The molecule has 0 fully saturated rings. The Labute approximate surface area is 109 Å². The van der Waals surface area contributed by atoms with Crippen LogP contribution in [0.3, 0.4) is 0 Å². The number of aromatic nitrogens is 2. The van der Waals surface area contributed by atoms with Crippen LogP contribution < -0.4 is 5.32 Å². The molecule has 0 aliphatic rings. The molecule has 0 bridgehead atoms. The Hall–Kier alpha value is -1.46. The molecular formula is C12H13ClFN3O. The van der Waals surface area contributed by atoms with Gasteiger partial charge in [0, 0.05) is 5.56 Å². The van der Waals surface area contributed by atoms with Crippen molar-refractivity contribution in [3.05, 3.63) is 34.9 Å². The number of halogens is 2. The van der Waals surface area contributed by atoms with Gasteiger partial charge in [-0.1, -0.05) is 18.5 Å². The summed E-state index contributed by atoms with van der Waals surface area (Å²) in [5, 5.41) is 11.0. The summed E-state index contributed by atoms with van der Waals surface area (Å²) in [6, 6.07) is 4.38. The minimum Gasteiger partial charge on any atom is -0.419 e. The molecule has 1 heterocycles. The Kier molecular flexibility index (Phi) is 4.28. The molecule has 4 nitrogen and oxygen atoms in total. The molecular weight excluding hydrogens is 257 g/mol. The Morgan fingerprint density at radius 1 is 1.39 bits per heavy atom. The van der Waals surface area contributed by atoms with Crippen LogP contribution in [0.2, 0.25) is 5.02 Å². The fraction of sp³-hybridized carbons (Fsp3) is 0.333. The summed E-state index contributed by atoms with van der Waals surface area (Å²) in [5.41, 5.74) is 0.520. The largest absolute Gasteiger partial charge is 0.419 e. The van der Waals surface area contributed by atoms with E-state index >= 15 is 0 Å². The number of benzene rings is 1. The highest BCUT2D eigenvalue weighted by atomic mass is 35.5. The summed E-state index contributed by atoms with van der Waals surface area (Å²) in [6.45, 7) is 3.47. The third-order valence-electron chi connectivity index (χ3n) is 2.34. The summed E-state index contributed by atoms with van der Waals surface area (Å²) in [7, 11) is 0. The number of nitrogens with one attached hydrogen (secondary N) is 1. The molecule has 6 heteroatoms. The van der Waals surface area contributed by atoms with Crippen LogP contribution in [0.5, 0.6) is 0 Å². The average Bonchev–Trinajstić information content (AvgIpc) is 2.82. The Bertz CT molecular complexity index is 530. The van der Waals surface area contributed by atoms with Crippen molar-refractivity contribution in [1.29, 1.82) is 0 Å². The molecule has 0 amide bonds. The van der Waals surface area contributed by atoms with Crippen molar-refractivity contribution in [2.75, 3.05) is 6.54 Å². The Balaban J connectivity index is 2.11. The number of nitrogens with zero attached hydrogens (tertiary/aromatic N) is 2. The molecule has 96 valence electrons. The topological polar surface area (TPSA) is 51.0 Å². The molecule has 2 aromatic rings. The molecule has 2 rings (SSSR count). The Morgan fingerprint density at radius 3 is 2.94 bits per heavy atom. The van der Waals surface area contributed by atoms with Gasteiger partial charge in [0.25, 0.3) is 0 Å². The summed E-state index contributed by atoms with van der Waals surface area (Å²) in [5.74, 6) is 0.269. The van der Waals surface area contributed by atoms with Crippen molar-refractivity contribution in [2.24, 2.45) is 0 Å². The average molecular weight is 270 g/mol. The van der Waals surface area contributed by atoms with Gasteiger partial charge < -0.3 is 9.73 Å². The summed E-state index contributed by atoms with van der Waals surface area (Å²) < 4.78 is 18.7. The van der Waals surface area contributed by atoms with Crippen molar-refractivity contribution >= 4 is 11.6 Å². The van der Waals surface area contributed by atoms with Gasteiger partial charge in [0.15, 0.2) is 0 Å². The second-order valence-electron chi connectivity index (χ2n) is 3.81. The van der Waals surface area contributed by atoms with Gasteiger partial charge >= 0.3 is 0 Å². The van der Waals surface area contributed by atoms with Crippen LogP contribution in [0.1, 0.15) is 19.2 Å². The van der Waals surface area contributed by atoms with Crippen LogP contribution >= 0.6 is 11.6 Å². The van der Waals surface area contributed by atoms with Gasteiger partial charge in [-0.25, -0.2) is 4.39 Å². The molecule has 0 spiro atoms. The van der Waals surface area contributed by atoms with Crippen LogP contribution in [0.4, 0.5) is 4.39 Å². The van der Waals surface area contributed by atoms with Crippen LogP contribution in [-0.2, 0) is 6.54 Å². The first-order chi connectivity index (χ1) is 8.70. The first-order valence-corrected chi connectivity index (χ1v) is 6.07. The van der Waals surface area contributed by atoms with E-state index in [1.807, 2.05) is 0 Å². The molecule has 1 aromatic heterocycles. The fourth-order valence-electron chi connectivity index (χ4n) is 1.44. The summed E-state index contributed by atoms with van der Waals surface area (Å²) in [6.07, 6.45) is 1.03. The van der Waals surface area contributed by atoms with Crippen molar-refractivity contribution in [3.8, 4) is 11.5 Å². The van der Waals surface area contributed by atoms with E-state index in [4.69, 9.17) is 16.0 Å². The molecule has 0 saturated carbocycles. The van der Waals surface area contributed by atoms with E-state index in [0.29, 0.717) is 23.9 Å². The first kappa shape index (κ1) is 13.0. The molecule has 18 heavy (non-hydrogen) atoms.